The molecular formula is C27H29N3O3. The fraction of sp³-hybridized carbons (Fsp3) is 0.259. The van der Waals surface area contributed by atoms with Crippen LogP contribution in [-0.2, 0) is 0 Å². The Morgan fingerprint density at radius 3 is 2.48 bits per heavy atom. The third-order valence-corrected chi connectivity index (χ3v) is 6.15. The number of carbonyl (C=O) groups excluding carboxylic acids is 2. The van der Waals surface area contributed by atoms with Crippen LogP contribution in [0.15, 0.2) is 66.7 Å². The first kappa shape index (κ1) is 22.6. The highest BCUT2D eigenvalue weighted by atomic mass is 16.5. The lowest BCUT2D eigenvalue weighted by Gasteiger charge is -2.25. The van der Waals surface area contributed by atoms with E-state index in [-0.39, 0.29) is 17.9 Å². The van der Waals surface area contributed by atoms with Crippen molar-refractivity contribution in [2.45, 2.75) is 25.8 Å². The van der Waals surface area contributed by atoms with Gasteiger partial charge in [0.15, 0.2) is 0 Å². The second-order valence-electron chi connectivity index (χ2n) is 8.21. The van der Waals surface area contributed by atoms with Gasteiger partial charge in [-0.25, -0.2) is 0 Å². The van der Waals surface area contributed by atoms with E-state index in [0.717, 1.165) is 35.4 Å². The highest BCUT2D eigenvalue weighted by Crippen LogP contribution is 2.36. The fourth-order valence-corrected chi connectivity index (χ4v) is 4.30. The van der Waals surface area contributed by atoms with Crippen LogP contribution < -0.4 is 20.3 Å². The molecule has 2 N–H and O–H groups in total. The van der Waals surface area contributed by atoms with Crippen molar-refractivity contribution in [3.63, 3.8) is 0 Å². The summed E-state index contributed by atoms with van der Waals surface area (Å²) in [7, 11) is 3.59. The summed E-state index contributed by atoms with van der Waals surface area (Å²) >= 11 is 0. The number of amides is 2. The molecule has 0 bridgehead atoms. The molecule has 33 heavy (non-hydrogen) atoms. The van der Waals surface area contributed by atoms with Crippen LogP contribution in [0.4, 0.5) is 11.4 Å². The van der Waals surface area contributed by atoms with Crippen molar-refractivity contribution in [1.82, 2.24) is 5.32 Å². The number of carbonyl (C=O) groups is 2. The molecule has 2 amide bonds. The maximum Gasteiger partial charge on any atom is 0.258 e. The standard InChI is InChI=1S/C27H29N3O3/c1-18-7-4-5-8-22(18)26(31)29-20-12-10-19(11-13-20)27(32)30-16-6-9-24(28-2)23-17-21(33-3)14-15-25(23)30/h4-5,7-8,10-15,17,24,28H,6,9,16H2,1-3H3,(H,29,31). The van der Waals surface area contributed by atoms with E-state index >= 15 is 0 Å². The minimum Gasteiger partial charge on any atom is -0.497 e. The van der Waals surface area contributed by atoms with Crippen molar-refractivity contribution in [1.29, 1.82) is 0 Å². The van der Waals surface area contributed by atoms with Crippen LogP contribution >= 0.6 is 0 Å². The van der Waals surface area contributed by atoms with Crippen LogP contribution in [0.2, 0.25) is 0 Å². The van der Waals surface area contributed by atoms with E-state index in [1.54, 1.807) is 37.4 Å². The van der Waals surface area contributed by atoms with Gasteiger partial charge < -0.3 is 20.3 Å². The Kier molecular flexibility index (Phi) is 6.75. The SMILES string of the molecule is CNC1CCCN(C(=O)c2ccc(NC(=O)c3ccccc3C)cc2)c2ccc(OC)cc21. The van der Waals surface area contributed by atoms with Gasteiger partial charge in [0.05, 0.1) is 7.11 Å². The normalized spacial score (nSPS) is 15.4. The van der Waals surface area contributed by atoms with Crippen molar-refractivity contribution in [2.24, 2.45) is 0 Å². The zero-order valence-electron chi connectivity index (χ0n) is 19.2. The van der Waals surface area contributed by atoms with Gasteiger partial charge in [0.25, 0.3) is 11.8 Å². The van der Waals surface area contributed by atoms with Crippen LogP contribution in [0, 0.1) is 6.92 Å². The van der Waals surface area contributed by atoms with Gasteiger partial charge >= 0.3 is 0 Å². The van der Waals surface area contributed by atoms with Crippen LogP contribution in [0.5, 0.6) is 5.75 Å². The zero-order chi connectivity index (χ0) is 23.4. The second-order valence-corrected chi connectivity index (χ2v) is 8.21. The first-order valence-corrected chi connectivity index (χ1v) is 11.2. The van der Waals surface area contributed by atoms with Gasteiger partial charge in [-0.05, 0) is 86.5 Å². The van der Waals surface area contributed by atoms with Gasteiger partial charge in [0.1, 0.15) is 5.75 Å². The van der Waals surface area contributed by atoms with E-state index < -0.39 is 0 Å². The van der Waals surface area contributed by atoms with E-state index in [4.69, 9.17) is 4.74 Å². The summed E-state index contributed by atoms with van der Waals surface area (Å²) < 4.78 is 5.41. The molecule has 0 saturated heterocycles. The summed E-state index contributed by atoms with van der Waals surface area (Å²) in [6.45, 7) is 2.55. The van der Waals surface area contributed by atoms with E-state index in [1.807, 2.05) is 55.3 Å². The van der Waals surface area contributed by atoms with Crippen molar-refractivity contribution >= 4 is 23.2 Å². The summed E-state index contributed by atoms with van der Waals surface area (Å²) in [4.78, 5) is 27.9. The van der Waals surface area contributed by atoms with Gasteiger partial charge in [0.2, 0.25) is 0 Å². The number of rotatable bonds is 5. The van der Waals surface area contributed by atoms with Crippen LogP contribution in [0.25, 0.3) is 0 Å². The van der Waals surface area contributed by atoms with Crippen molar-refractivity contribution in [3.05, 3.63) is 89.0 Å². The summed E-state index contributed by atoms with van der Waals surface area (Å²) in [6.07, 6.45) is 1.82. The van der Waals surface area contributed by atoms with Crippen molar-refractivity contribution in [2.75, 3.05) is 30.9 Å². The molecule has 0 aliphatic carbocycles. The Balaban J connectivity index is 1.56. The molecule has 1 heterocycles. The number of benzene rings is 3. The molecule has 4 rings (SSSR count). The largest absolute Gasteiger partial charge is 0.497 e. The molecule has 6 nitrogen and oxygen atoms in total. The molecule has 0 saturated carbocycles. The highest BCUT2D eigenvalue weighted by molar-refractivity contribution is 6.08. The zero-order valence-corrected chi connectivity index (χ0v) is 19.2. The minimum atomic E-state index is -0.166. The molecule has 0 fully saturated rings. The lowest BCUT2D eigenvalue weighted by Crippen LogP contribution is -2.31. The van der Waals surface area contributed by atoms with Crippen molar-refractivity contribution in [3.8, 4) is 5.75 Å². The van der Waals surface area contributed by atoms with Gasteiger partial charge in [-0.2, -0.15) is 0 Å². The number of hydrogen-bond donors (Lipinski definition) is 2. The van der Waals surface area contributed by atoms with Gasteiger partial charge in [0, 0.05) is 35.1 Å². The molecule has 0 aromatic heterocycles. The molecule has 1 aliphatic heterocycles. The van der Waals surface area contributed by atoms with E-state index in [0.29, 0.717) is 23.4 Å². The molecule has 1 aliphatic rings. The second kappa shape index (κ2) is 9.88. The van der Waals surface area contributed by atoms with Crippen LogP contribution in [0.3, 0.4) is 0 Å². The molecule has 0 spiro atoms. The number of ether oxygens (including phenoxy) is 1. The Hall–Kier alpha value is -3.64. The maximum absolute atomic E-state index is 13.5. The number of anilines is 2. The summed E-state index contributed by atoms with van der Waals surface area (Å²) in [5.74, 6) is 0.549. The summed E-state index contributed by atoms with van der Waals surface area (Å²) in [6, 6.07) is 20.5. The minimum absolute atomic E-state index is 0.0602. The predicted molar refractivity (Wildman–Crippen MR) is 131 cm³/mol. The average Bonchev–Trinajstić information content (AvgIpc) is 3.03. The number of hydrogen-bond acceptors (Lipinski definition) is 4. The fourth-order valence-electron chi connectivity index (χ4n) is 4.30. The number of methoxy groups -OCH3 is 1. The Morgan fingerprint density at radius 1 is 1.03 bits per heavy atom. The van der Waals surface area contributed by atoms with Crippen LogP contribution in [0.1, 0.15) is 50.7 Å². The van der Waals surface area contributed by atoms with Gasteiger partial charge in [-0.3, -0.25) is 9.59 Å². The molecule has 1 atom stereocenters. The third-order valence-electron chi connectivity index (χ3n) is 6.15. The number of aryl methyl sites for hydroxylation is 1. The Bertz CT molecular complexity index is 1160. The lowest BCUT2D eigenvalue weighted by atomic mass is 10.0. The molecular weight excluding hydrogens is 414 g/mol. The smallest absolute Gasteiger partial charge is 0.258 e. The molecule has 3 aromatic rings. The topological polar surface area (TPSA) is 70.7 Å². The lowest BCUT2D eigenvalue weighted by molar-refractivity contribution is 0.0985. The molecule has 6 heteroatoms. The highest BCUT2D eigenvalue weighted by Gasteiger charge is 2.27. The first-order chi connectivity index (χ1) is 16.0. The summed E-state index contributed by atoms with van der Waals surface area (Å²) in [5.41, 5.74) is 4.73. The third kappa shape index (κ3) is 4.76. The molecule has 0 radical (unpaired) electrons. The van der Waals surface area contributed by atoms with E-state index in [2.05, 4.69) is 10.6 Å². The average molecular weight is 444 g/mol. The molecule has 3 aromatic carbocycles. The van der Waals surface area contributed by atoms with Gasteiger partial charge in [-0.15, -0.1) is 0 Å². The molecule has 1 unspecified atom stereocenters. The number of nitrogens with zero attached hydrogens (tertiary/aromatic N) is 1. The maximum atomic E-state index is 13.5. The Labute approximate surface area is 194 Å². The first-order valence-electron chi connectivity index (χ1n) is 11.2. The number of nitrogens with one attached hydrogen (secondary N) is 2. The van der Waals surface area contributed by atoms with Crippen molar-refractivity contribution < 1.29 is 14.3 Å². The van der Waals surface area contributed by atoms with Crippen LogP contribution in [-0.4, -0.2) is 32.5 Å². The van der Waals surface area contributed by atoms with E-state index in [9.17, 15) is 9.59 Å². The van der Waals surface area contributed by atoms with E-state index in [1.165, 1.54) is 0 Å². The Morgan fingerprint density at radius 2 is 1.79 bits per heavy atom. The monoisotopic (exact) mass is 443 g/mol. The summed E-state index contributed by atoms with van der Waals surface area (Å²) in [5, 5.41) is 6.27. The molecule has 170 valence electrons. The quantitative estimate of drug-likeness (QED) is 0.585. The number of fused-ring (bicyclic) bond motifs is 1. The predicted octanol–water partition coefficient (Wildman–Crippen LogP) is 4.96. The van der Waals surface area contributed by atoms with Gasteiger partial charge in [-0.1, -0.05) is 18.2 Å².